The molecule has 1 aliphatic heterocycles. The number of hydrogen-bond acceptors (Lipinski definition) is 4. The molecule has 27 heavy (non-hydrogen) atoms. The van der Waals surface area contributed by atoms with Crippen molar-refractivity contribution in [2.45, 2.75) is 42.9 Å². The van der Waals surface area contributed by atoms with Crippen molar-refractivity contribution in [3.8, 4) is 0 Å². The standard InChI is InChI=1S/C21H23N3O2S/c1-14-10-11-16(26-14)12-22-20(25)17-7-3-2-6-15(17)13-27-21-23-18-8-4-5-9-19(18)24-21/h2-9,14,16H,10-13H2,1H3,(H,22,25)(H,23,24). The first kappa shape index (κ1) is 18.1. The van der Waals surface area contributed by atoms with Gasteiger partial charge in [0.2, 0.25) is 0 Å². The summed E-state index contributed by atoms with van der Waals surface area (Å²) in [5.41, 5.74) is 3.70. The molecule has 0 aliphatic carbocycles. The number of hydrogen-bond donors (Lipinski definition) is 2. The minimum absolute atomic E-state index is 0.0426. The quantitative estimate of drug-likeness (QED) is 0.630. The summed E-state index contributed by atoms with van der Waals surface area (Å²) in [6.07, 6.45) is 2.48. The molecule has 3 aromatic rings. The van der Waals surface area contributed by atoms with Crippen LogP contribution < -0.4 is 5.32 Å². The Balaban J connectivity index is 1.40. The molecular weight excluding hydrogens is 358 g/mol. The van der Waals surface area contributed by atoms with Crippen molar-refractivity contribution >= 4 is 28.7 Å². The Bertz CT molecular complexity index is 907. The van der Waals surface area contributed by atoms with Gasteiger partial charge in [-0.25, -0.2) is 4.98 Å². The predicted molar refractivity (Wildman–Crippen MR) is 108 cm³/mol. The van der Waals surface area contributed by atoms with Crippen LogP contribution in [-0.4, -0.2) is 34.6 Å². The van der Waals surface area contributed by atoms with E-state index in [0.717, 1.165) is 34.6 Å². The fourth-order valence-electron chi connectivity index (χ4n) is 3.35. The van der Waals surface area contributed by atoms with E-state index in [1.165, 1.54) is 0 Å². The third-order valence-corrected chi connectivity index (χ3v) is 5.73. The molecule has 6 heteroatoms. The van der Waals surface area contributed by atoms with Gasteiger partial charge in [-0.15, -0.1) is 0 Å². The molecule has 0 radical (unpaired) electrons. The van der Waals surface area contributed by atoms with Crippen molar-refractivity contribution in [1.29, 1.82) is 0 Å². The fourth-order valence-corrected chi connectivity index (χ4v) is 4.24. The van der Waals surface area contributed by atoms with Gasteiger partial charge in [-0.1, -0.05) is 42.1 Å². The highest BCUT2D eigenvalue weighted by atomic mass is 32.2. The minimum Gasteiger partial charge on any atom is -0.373 e. The van der Waals surface area contributed by atoms with Crippen molar-refractivity contribution < 1.29 is 9.53 Å². The number of carbonyl (C=O) groups is 1. The normalized spacial score (nSPS) is 19.4. The number of rotatable bonds is 6. The van der Waals surface area contributed by atoms with Gasteiger partial charge >= 0.3 is 0 Å². The van der Waals surface area contributed by atoms with Gasteiger partial charge in [-0.3, -0.25) is 4.79 Å². The van der Waals surface area contributed by atoms with E-state index >= 15 is 0 Å². The van der Waals surface area contributed by atoms with Crippen LogP contribution in [0.1, 0.15) is 35.7 Å². The Morgan fingerprint density at radius 3 is 2.85 bits per heavy atom. The molecular formula is C21H23N3O2S. The lowest BCUT2D eigenvalue weighted by atomic mass is 10.1. The third kappa shape index (κ3) is 4.34. The van der Waals surface area contributed by atoms with Gasteiger partial charge in [0.25, 0.3) is 5.91 Å². The van der Waals surface area contributed by atoms with Crippen LogP contribution in [0.4, 0.5) is 0 Å². The minimum atomic E-state index is -0.0426. The van der Waals surface area contributed by atoms with E-state index < -0.39 is 0 Å². The number of thioether (sulfide) groups is 1. The summed E-state index contributed by atoms with van der Waals surface area (Å²) in [5.74, 6) is 0.638. The average molecular weight is 382 g/mol. The molecule has 2 unspecified atom stereocenters. The maximum Gasteiger partial charge on any atom is 0.251 e. The number of ether oxygens (including phenoxy) is 1. The van der Waals surface area contributed by atoms with Gasteiger partial charge in [0.05, 0.1) is 23.2 Å². The zero-order valence-electron chi connectivity index (χ0n) is 15.3. The van der Waals surface area contributed by atoms with E-state index in [-0.39, 0.29) is 12.0 Å². The van der Waals surface area contributed by atoms with Crippen molar-refractivity contribution in [1.82, 2.24) is 15.3 Å². The van der Waals surface area contributed by atoms with Crippen LogP contribution in [0.5, 0.6) is 0 Å². The van der Waals surface area contributed by atoms with E-state index in [1.54, 1.807) is 11.8 Å². The fraction of sp³-hybridized carbons (Fsp3) is 0.333. The van der Waals surface area contributed by atoms with Gasteiger partial charge in [0, 0.05) is 17.9 Å². The second-order valence-electron chi connectivity index (χ2n) is 6.86. The second kappa shape index (κ2) is 8.15. The van der Waals surface area contributed by atoms with Crippen molar-refractivity contribution in [2.24, 2.45) is 0 Å². The number of nitrogens with zero attached hydrogens (tertiary/aromatic N) is 1. The number of aromatic amines is 1. The number of para-hydroxylation sites is 2. The Morgan fingerprint density at radius 2 is 2.04 bits per heavy atom. The van der Waals surface area contributed by atoms with Gasteiger partial charge in [-0.2, -0.15) is 0 Å². The number of fused-ring (bicyclic) bond motifs is 1. The Kier molecular flexibility index (Phi) is 5.45. The zero-order chi connectivity index (χ0) is 18.6. The van der Waals surface area contributed by atoms with Gasteiger partial charge in [0.1, 0.15) is 0 Å². The molecule has 1 saturated heterocycles. The van der Waals surface area contributed by atoms with E-state index in [9.17, 15) is 4.79 Å². The van der Waals surface area contributed by atoms with E-state index in [2.05, 4.69) is 22.2 Å². The molecule has 2 N–H and O–H groups in total. The molecule has 5 nitrogen and oxygen atoms in total. The smallest absolute Gasteiger partial charge is 0.251 e. The van der Waals surface area contributed by atoms with E-state index in [4.69, 9.17) is 4.74 Å². The number of amides is 1. The van der Waals surface area contributed by atoms with E-state index in [1.807, 2.05) is 48.5 Å². The van der Waals surface area contributed by atoms with Crippen molar-refractivity contribution in [2.75, 3.05) is 6.54 Å². The highest BCUT2D eigenvalue weighted by Crippen LogP contribution is 2.25. The number of nitrogens with one attached hydrogen (secondary N) is 2. The molecule has 2 heterocycles. The van der Waals surface area contributed by atoms with Gasteiger partial charge in [-0.05, 0) is 43.5 Å². The molecule has 0 spiro atoms. The first-order chi connectivity index (χ1) is 13.2. The third-order valence-electron chi connectivity index (χ3n) is 4.80. The topological polar surface area (TPSA) is 67.0 Å². The summed E-state index contributed by atoms with van der Waals surface area (Å²) in [6, 6.07) is 15.7. The number of aromatic nitrogens is 2. The average Bonchev–Trinajstić information content (AvgIpc) is 3.30. The lowest BCUT2D eigenvalue weighted by Gasteiger charge is -2.14. The molecule has 4 rings (SSSR count). The summed E-state index contributed by atoms with van der Waals surface area (Å²) >= 11 is 1.60. The lowest BCUT2D eigenvalue weighted by molar-refractivity contribution is 0.0536. The Morgan fingerprint density at radius 1 is 1.22 bits per heavy atom. The lowest BCUT2D eigenvalue weighted by Crippen LogP contribution is -2.32. The molecule has 1 fully saturated rings. The second-order valence-corrected chi connectivity index (χ2v) is 7.83. The maximum atomic E-state index is 12.7. The molecule has 2 atom stereocenters. The highest BCUT2D eigenvalue weighted by molar-refractivity contribution is 7.98. The SMILES string of the molecule is CC1CCC(CNC(=O)c2ccccc2CSc2nc3ccccc3[nH]2)O1. The molecule has 1 aromatic heterocycles. The molecule has 1 aliphatic rings. The summed E-state index contributed by atoms with van der Waals surface area (Å²) < 4.78 is 5.78. The van der Waals surface area contributed by atoms with Crippen molar-refractivity contribution in [3.63, 3.8) is 0 Å². The van der Waals surface area contributed by atoms with Crippen LogP contribution in [0.3, 0.4) is 0 Å². The Labute approximate surface area is 162 Å². The van der Waals surface area contributed by atoms with Crippen LogP contribution in [0, 0.1) is 0 Å². The predicted octanol–water partition coefficient (Wildman–Crippen LogP) is 4.15. The van der Waals surface area contributed by atoms with Crippen LogP contribution in [0.25, 0.3) is 11.0 Å². The molecule has 0 saturated carbocycles. The largest absolute Gasteiger partial charge is 0.373 e. The molecule has 2 aromatic carbocycles. The molecule has 1 amide bonds. The number of H-pyrrole nitrogens is 1. The molecule has 0 bridgehead atoms. The maximum absolute atomic E-state index is 12.7. The Hall–Kier alpha value is -2.31. The van der Waals surface area contributed by atoms with Gasteiger partial charge < -0.3 is 15.0 Å². The zero-order valence-corrected chi connectivity index (χ0v) is 16.1. The van der Waals surface area contributed by atoms with Crippen LogP contribution >= 0.6 is 11.8 Å². The number of imidazole rings is 1. The number of carbonyl (C=O) groups excluding carboxylic acids is 1. The first-order valence-corrected chi connectivity index (χ1v) is 10.3. The van der Waals surface area contributed by atoms with Crippen molar-refractivity contribution in [3.05, 3.63) is 59.7 Å². The van der Waals surface area contributed by atoms with Crippen LogP contribution in [0.2, 0.25) is 0 Å². The monoisotopic (exact) mass is 381 g/mol. The summed E-state index contributed by atoms with van der Waals surface area (Å²) in [4.78, 5) is 20.6. The molecule has 140 valence electrons. The highest BCUT2D eigenvalue weighted by Gasteiger charge is 2.22. The summed E-state index contributed by atoms with van der Waals surface area (Å²) in [5, 5.41) is 3.89. The van der Waals surface area contributed by atoms with Crippen LogP contribution in [-0.2, 0) is 10.5 Å². The first-order valence-electron chi connectivity index (χ1n) is 9.28. The van der Waals surface area contributed by atoms with E-state index in [0.29, 0.717) is 24.0 Å². The summed E-state index contributed by atoms with van der Waals surface area (Å²) in [7, 11) is 0. The summed E-state index contributed by atoms with van der Waals surface area (Å²) in [6.45, 7) is 2.64. The van der Waals surface area contributed by atoms with Crippen LogP contribution in [0.15, 0.2) is 53.7 Å². The number of benzene rings is 2. The van der Waals surface area contributed by atoms with Gasteiger partial charge in [0.15, 0.2) is 5.16 Å².